The van der Waals surface area contributed by atoms with Crippen LogP contribution in [0.15, 0.2) is 0 Å². The second-order valence-corrected chi connectivity index (χ2v) is 2.92. The summed E-state index contributed by atoms with van der Waals surface area (Å²) in [5.41, 5.74) is 5.03. The van der Waals surface area contributed by atoms with Gasteiger partial charge in [0.2, 0.25) is 5.91 Å². The van der Waals surface area contributed by atoms with Crippen molar-refractivity contribution in [2.75, 3.05) is 0 Å². The van der Waals surface area contributed by atoms with Crippen molar-refractivity contribution in [3.63, 3.8) is 0 Å². The number of unbranched alkanes of at least 4 members (excludes halogenated alkanes) is 1. The summed E-state index contributed by atoms with van der Waals surface area (Å²) in [5, 5.41) is 0. The molecule has 0 heterocycles. The van der Waals surface area contributed by atoms with E-state index in [-0.39, 0.29) is 5.91 Å². The lowest BCUT2D eigenvalue weighted by Crippen LogP contribution is -2.14. The van der Waals surface area contributed by atoms with Crippen LogP contribution in [-0.4, -0.2) is 5.91 Å². The summed E-state index contributed by atoms with van der Waals surface area (Å²) < 4.78 is 0. The van der Waals surface area contributed by atoms with Crippen molar-refractivity contribution >= 4 is 5.91 Å². The summed E-state index contributed by atoms with van der Waals surface area (Å²) in [6, 6.07) is 0. The van der Waals surface area contributed by atoms with Crippen LogP contribution in [0.5, 0.6) is 0 Å². The van der Waals surface area contributed by atoms with E-state index in [1.54, 1.807) is 0 Å². The van der Waals surface area contributed by atoms with Crippen molar-refractivity contribution in [2.24, 2.45) is 11.7 Å². The molecule has 60 valence electrons. The summed E-state index contributed by atoms with van der Waals surface area (Å²) in [5.74, 6) is 0.293. The molecule has 0 fully saturated rings. The molecule has 0 spiro atoms. The fourth-order valence-corrected chi connectivity index (χ4v) is 0.998. The molecule has 0 bridgehead atoms. The SMILES string of the molecule is CCCC[C@@H](C)CC(N)=O. The molecular formula is C8H17NO. The van der Waals surface area contributed by atoms with Crippen molar-refractivity contribution in [3.8, 4) is 0 Å². The standard InChI is InChI=1S/C8H17NO/c1-3-4-5-7(2)6-8(9)10/h7H,3-6H2,1-2H3,(H2,9,10)/t7-/m1/s1. The van der Waals surface area contributed by atoms with Crippen LogP contribution in [0.4, 0.5) is 0 Å². The molecule has 0 aromatic carbocycles. The Hall–Kier alpha value is -0.530. The van der Waals surface area contributed by atoms with Crippen LogP contribution in [0.2, 0.25) is 0 Å². The van der Waals surface area contributed by atoms with E-state index in [4.69, 9.17) is 5.73 Å². The van der Waals surface area contributed by atoms with Gasteiger partial charge in [-0.3, -0.25) is 4.79 Å². The highest BCUT2D eigenvalue weighted by Gasteiger charge is 2.03. The molecule has 0 aromatic heterocycles. The van der Waals surface area contributed by atoms with E-state index in [9.17, 15) is 4.79 Å². The highest BCUT2D eigenvalue weighted by Crippen LogP contribution is 2.10. The first-order valence-corrected chi connectivity index (χ1v) is 3.95. The maximum atomic E-state index is 10.4. The van der Waals surface area contributed by atoms with Crippen LogP contribution >= 0.6 is 0 Å². The number of hydrogen-bond acceptors (Lipinski definition) is 1. The molecule has 0 aromatic rings. The molecule has 2 nitrogen and oxygen atoms in total. The van der Waals surface area contributed by atoms with Crippen LogP contribution in [0.25, 0.3) is 0 Å². The maximum Gasteiger partial charge on any atom is 0.217 e. The van der Waals surface area contributed by atoms with Crippen LogP contribution in [0.1, 0.15) is 39.5 Å². The van der Waals surface area contributed by atoms with Gasteiger partial charge in [0.05, 0.1) is 0 Å². The van der Waals surface area contributed by atoms with Gasteiger partial charge in [-0.25, -0.2) is 0 Å². The summed E-state index contributed by atoms with van der Waals surface area (Å²) in [6.45, 7) is 4.22. The molecule has 0 saturated carbocycles. The summed E-state index contributed by atoms with van der Waals surface area (Å²) >= 11 is 0. The van der Waals surface area contributed by atoms with Gasteiger partial charge in [-0.05, 0) is 5.92 Å². The smallest absolute Gasteiger partial charge is 0.217 e. The van der Waals surface area contributed by atoms with Crippen molar-refractivity contribution < 1.29 is 4.79 Å². The predicted octanol–water partition coefficient (Wildman–Crippen LogP) is 1.69. The summed E-state index contributed by atoms with van der Waals surface area (Å²) in [4.78, 5) is 10.4. The molecule has 2 N–H and O–H groups in total. The first kappa shape index (κ1) is 9.47. The fourth-order valence-electron chi connectivity index (χ4n) is 0.998. The monoisotopic (exact) mass is 143 g/mol. The van der Waals surface area contributed by atoms with Crippen LogP contribution < -0.4 is 5.73 Å². The Morgan fingerprint density at radius 3 is 2.60 bits per heavy atom. The van der Waals surface area contributed by atoms with E-state index in [2.05, 4.69) is 13.8 Å². The van der Waals surface area contributed by atoms with Gasteiger partial charge < -0.3 is 5.73 Å². The van der Waals surface area contributed by atoms with Crippen molar-refractivity contribution in [3.05, 3.63) is 0 Å². The lowest BCUT2D eigenvalue weighted by atomic mass is 10.0. The molecule has 0 aliphatic carbocycles. The average Bonchev–Trinajstić information content (AvgIpc) is 1.82. The first-order valence-electron chi connectivity index (χ1n) is 3.95. The Balaban J connectivity index is 3.25. The Morgan fingerprint density at radius 2 is 2.20 bits per heavy atom. The van der Waals surface area contributed by atoms with E-state index in [1.165, 1.54) is 12.8 Å². The minimum absolute atomic E-state index is 0.177. The first-order chi connectivity index (χ1) is 4.66. The number of amides is 1. The predicted molar refractivity (Wildman–Crippen MR) is 42.5 cm³/mol. The molecule has 0 aliphatic rings. The van der Waals surface area contributed by atoms with Gasteiger partial charge in [0.1, 0.15) is 0 Å². The molecule has 1 atom stereocenters. The molecule has 0 radical (unpaired) electrons. The zero-order valence-electron chi connectivity index (χ0n) is 6.89. The minimum atomic E-state index is -0.177. The highest BCUT2D eigenvalue weighted by molar-refractivity contribution is 5.73. The number of hydrogen-bond donors (Lipinski definition) is 1. The molecular weight excluding hydrogens is 126 g/mol. The number of carbonyl (C=O) groups is 1. The maximum absolute atomic E-state index is 10.4. The molecule has 10 heavy (non-hydrogen) atoms. The Labute approximate surface area is 62.8 Å². The normalized spacial score (nSPS) is 13.0. The van der Waals surface area contributed by atoms with Gasteiger partial charge >= 0.3 is 0 Å². The largest absolute Gasteiger partial charge is 0.370 e. The van der Waals surface area contributed by atoms with E-state index in [1.807, 2.05) is 0 Å². The molecule has 0 rings (SSSR count). The van der Waals surface area contributed by atoms with Gasteiger partial charge in [0, 0.05) is 6.42 Å². The summed E-state index contributed by atoms with van der Waals surface area (Å²) in [7, 11) is 0. The van der Waals surface area contributed by atoms with Gasteiger partial charge in [-0.15, -0.1) is 0 Å². The van der Waals surface area contributed by atoms with Crippen LogP contribution in [0, 0.1) is 5.92 Å². The van der Waals surface area contributed by atoms with Crippen molar-refractivity contribution in [2.45, 2.75) is 39.5 Å². The number of rotatable bonds is 5. The molecule has 0 aliphatic heterocycles. The van der Waals surface area contributed by atoms with Gasteiger partial charge in [0.15, 0.2) is 0 Å². The third-order valence-corrected chi connectivity index (χ3v) is 1.60. The van der Waals surface area contributed by atoms with Crippen LogP contribution in [-0.2, 0) is 4.79 Å². The third kappa shape index (κ3) is 5.60. The Morgan fingerprint density at radius 1 is 1.60 bits per heavy atom. The number of nitrogens with two attached hydrogens (primary N) is 1. The number of primary amides is 1. The van der Waals surface area contributed by atoms with Gasteiger partial charge in [-0.2, -0.15) is 0 Å². The van der Waals surface area contributed by atoms with Crippen LogP contribution in [0.3, 0.4) is 0 Å². The molecule has 0 unspecified atom stereocenters. The quantitative estimate of drug-likeness (QED) is 0.625. The highest BCUT2D eigenvalue weighted by atomic mass is 16.1. The van der Waals surface area contributed by atoms with E-state index >= 15 is 0 Å². The Bertz CT molecular complexity index is 101. The third-order valence-electron chi connectivity index (χ3n) is 1.60. The zero-order valence-corrected chi connectivity index (χ0v) is 6.89. The average molecular weight is 143 g/mol. The second kappa shape index (κ2) is 5.27. The number of carbonyl (C=O) groups excluding carboxylic acids is 1. The summed E-state index contributed by atoms with van der Waals surface area (Å²) in [6.07, 6.45) is 4.07. The molecule has 0 saturated heterocycles. The van der Waals surface area contributed by atoms with Crippen molar-refractivity contribution in [1.29, 1.82) is 0 Å². The van der Waals surface area contributed by atoms with E-state index < -0.39 is 0 Å². The topological polar surface area (TPSA) is 43.1 Å². The molecule has 2 heteroatoms. The Kier molecular flexibility index (Phi) is 4.99. The lowest BCUT2D eigenvalue weighted by Gasteiger charge is -2.06. The van der Waals surface area contributed by atoms with Gasteiger partial charge in [-0.1, -0.05) is 33.1 Å². The zero-order chi connectivity index (χ0) is 7.98. The van der Waals surface area contributed by atoms with Gasteiger partial charge in [0.25, 0.3) is 0 Å². The second-order valence-electron chi connectivity index (χ2n) is 2.92. The fraction of sp³-hybridized carbons (Fsp3) is 0.875. The van der Waals surface area contributed by atoms with E-state index in [0.29, 0.717) is 12.3 Å². The lowest BCUT2D eigenvalue weighted by molar-refractivity contribution is -0.118. The minimum Gasteiger partial charge on any atom is -0.370 e. The molecule has 1 amide bonds. The van der Waals surface area contributed by atoms with Crippen molar-refractivity contribution in [1.82, 2.24) is 0 Å². The van der Waals surface area contributed by atoms with E-state index in [0.717, 1.165) is 6.42 Å².